The fourth-order valence-electron chi connectivity index (χ4n) is 10.9. The number of nitrogens with one attached hydrogen (secondary N) is 10. The van der Waals surface area contributed by atoms with Crippen molar-refractivity contribution in [3.63, 3.8) is 0 Å². The van der Waals surface area contributed by atoms with Crippen molar-refractivity contribution in [1.29, 1.82) is 0 Å². The summed E-state index contributed by atoms with van der Waals surface area (Å²) in [6, 6.07) is -0.505. The molecule has 506 valence electrons. The minimum absolute atomic E-state index is 0.0132. The second-order valence-corrected chi connectivity index (χ2v) is 25.0. The third-order valence-corrected chi connectivity index (χ3v) is 16.9. The summed E-state index contributed by atoms with van der Waals surface area (Å²) in [6.07, 6.45) is 1.97. The van der Waals surface area contributed by atoms with Crippen LogP contribution in [0.1, 0.15) is 102 Å². The van der Waals surface area contributed by atoms with Crippen LogP contribution in [0.4, 0.5) is 4.79 Å². The molecule has 3 saturated heterocycles. The van der Waals surface area contributed by atoms with Crippen LogP contribution in [-0.4, -0.2) is 194 Å². The topological polar surface area (TPSA) is 485 Å². The molecule has 3 aromatic rings. The summed E-state index contributed by atoms with van der Waals surface area (Å²) in [4.78, 5) is 186. The van der Waals surface area contributed by atoms with E-state index in [2.05, 4.69) is 62.8 Å². The molecule has 4 heterocycles. The average molecular weight is 1310 g/mol. The first-order chi connectivity index (χ1) is 44.3. The molecule has 31 nitrogen and oxygen atoms in total. The van der Waals surface area contributed by atoms with E-state index in [1.807, 2.05) is 13.8 Å². The van der Waals surface area contributed by atoms with Crippen LogP contribution in [0.5, 0.6) is 5.75 Å². The van der Waals surface area contributed by atoms with Crippen LogP contribution in [0.25, 0.3) is 0 Å². The predicted molar refractivity (Wildman–Crippen MR) is 342 cm³/mol. The van der Waals surface area contributed by atoms with Crippen molar-refractivity contribution in [2.24, 2.45) is 39.8 Å². The highest BCUT2D eigenvalue weighted by atomic mass is 32.2. The van der Waals surface area contributed by atoms with Crippen LogP contribution in [0.3, 0.4) is 0 Å². The van der Waals surface area contributed by atoms with E-state index >= 15 is 4.79 Å². The molecule has 3 fully saturated rings. The van der Waals surface area contributed by atoms with Crippen LogP contribution in [-0.2, 0) is 72.0 Å². The lowest BCUT2D eigenvalue weighted by molar-refractivity contribution is -0.142. The van der Waals surface area contributed by atoms with Gasteiger partial charge in [-0.1, -0.05) is 70.2 Å². The number of amides is 13. The molecule has 32 heteroatoms. The Hall–Kier alpha value is -9.33. The second-order valence-electron chi connectivity index (χ2n) is 24.0. The van der Waals surface area contributed by atoms with E-state index in [9.17, 15) is 57.8 Å². The molecular formula is C61H88N18O13S. The summed E-state index contributed by atoms with van der Waals surface area (Å²) in [5.74, 6) is -10.8. The molecule has 0 spiro atoms. The molecular weight excluding hydrogens is 1220 g/mol. The Labute approximate surface area is 542 Å². The zero-order valence-corrected chi connectivity index (χ0v) is 53.5. The van der Waals surface area contributed by atoms with Crippen molar-refractivity contribution in [1.82, 2.24) is 67.6 Å². The van der Waals surface area contributed by atoms with Gasteiger partial charge >= 0.3 is 6.03 Å². The number of rotatable bonds is 19. The van der Waals surface area contributed by atoms with Gasteiger partial charge in [0.1, 0.15) is 66.2 Å². The number of aromatic amines is 1. The summed E-state index contributed by atoms with van der Waals surface area (Å²) in [5, 5.41) is 34.1. The number of nitrogens with two attached hydrogens (primary N) is 4. The van der Waals surface area contributed by atoms with Crippen molar-refractivity contribution in [3.8, 4) is 5.75 Å². The number of phenols is 1. The summed E-state index contributed by atoms with van der Waals surface area (Å²) < 4.78 is 0. The van der Waals surface area contributed by atoms with Gasteiger partial charge in [0, 0.05) is 56.4 Å². The molecule has 10 atom stereocenters. The van der Waals surface area contributed by atoms with Crippen LogP contribution in [0.15, 0.2) is 72.1 Å². The lowest BCUT2D eigenvalue weighted by Gasteiger charge is -2.32. The van der Waals surface area contributed by atoms with Gasteiger partial charge in [-0.15, -0.1) is 11.8 Å². The number of primary amides is 1. The predicted octanol–water partition coefficient (Wildman–Crippen LogP) is -2.60. The average Bonchev–Trinajstić information content (AvgIpc) is 1.81. The number of thioether (sulfide) groups is 1. The molecule has 13 amide bonds. The normalized spacial score (nSPS) is 24.7. The number of benzene rings is 2. The Kier molecular flexibility index (Phi) is 27.7. The molecule has 93 heavy (non-hydrogen) atoms. The Bertz CT molecular complexity index is 3130. The maximum atomic E-state index is 15.1. The number of imide groups is 1. The van der Waals surface area contributed by atoms with E-state index in [4.69, 9.17) is 22.9 Å². The minimum Gasteiger partial charge on any atom is -0.508 e. The van der Waals surface area contributed by atoms with Crippen molar-refractivity contribution in [3.05, 3.63) is 83.9 Å². The van der Waals surface area contributed by atoms with Gasteiger partial charge in [0.05, 0.1) is 12.2 Å². The first kappa shape index (κ1) is 72.7. The SMILES string of the molecule is CC(C)C[C@@H]1NC(=O)[C@H](Cc2cnc[nH]2)NC(=O)[C@H](C(C)C)NC(=O)[C@H](CCCN=C(N)N)NC(=O)[C@@H](CCC(N)=O)NC(=O)[C@@H]2CSCN2C(=O)NC(=O)[C@H](CCCN)NC(=O)[C@H](Cc2ccc(O)cc2)NC(=O)[C@@H]2CCCN2C(=O)[C@@H](Cc2ccccc2)NC1=O. The zero-order valence-electron chi connectivity index (χ0n) is 52.7. The van der Waals surface area contributed by atoms with Gasteiger partial charge in [0.25, 0.3) is 5.91 Å². The van der Waals surface area contributed by atoms with Crippen molar-refractivity contribution < 1.29 is 62.6 Å². The van der Waals surface area contributed by atoms with Crippen LogP contribution in [0, 0.1) is 11.8 Å². The molecule has 19 N–H and O–H groups in total. The van der Waals surface area contributed by atoms with Crippen molar-refractivity contribution >= 4 is 88.7 Å². The van der Waals surface area contributed by atoms with Gasteiger partial charge in [-0.3, -0.25) is 63.0 Å². The summed E-state index contributed by atoms with van der Waals surface area (Å²) in [7, 11) is 0. The number of carbonyl (C=O) groups is 12. The van der Waals surface area contributed by atoms with Gasteiger partial charge in [-0.05, 0) is 93.0 Å². The molecule has 0 radical (unpaired) electrons. The quantitative estimate of drug-likeness (QED) is 0.0332. The highest BCUT2D eigenvalue weighted by molar-refractivity contribution is 7.99. The van der Waals surface area contributed by atoms with Gasteiger partial charge in [-0.25, -0.2) is 9.78 Å². The number of aliphatic imine (C=N–C) groups is 1. The number of imidazole rings is 1. The molecule has 3 aliphatic rings. The number of guanidine groups is 1. The Morgan fingerprint density at radius 1 is 0.624 bits per heavy atom. The molecule has 6 rings (SSSR count). The summed E-state index contributed by atoms with van der Waals surface area (Å²) in [5.41, 5.74) is 24.0. The third-order valence-electron chi connectivity index (χ3n) is 15.8. The van der Waals surface area contributed by atoms with Gasteiger partial charge < -0.3 is 85.4 Å². The standard InChI is InChI=1S/C61H88N18O13S/c1-33(2)25-42-53(85)75-45(27-35-11-6-5-7-12-35)59(91)78-24-10-15-46(78)56(88)73-43(26-36-16-18-38(80)19-17-36)54(86)70-39(13-8-22-62)52(84)77-61(92)79-32-93-30-47(79)57(89)71-41(20-21-48(63)81)50(82)69-40(14-9-23-67-60(64)65)51(83)76-49(34(3)4)58(90)74-44(55(87)72-42)28-37-29-66-31-68-37/h5-7,11-12,16-19,29,31,33-34,39-47,49,80H,8-10,13-15,20-28,30,32,62H2,1-4H3,(H2,63,81)(H,66,68)(H,69,82)(H,70,86)(H,71,89)(H,72,87)(H,73,88)(H,74,90)(H,75,85)(H,76,83)(H4,64,65,67)(H,77,84,92)/t39-,40-,41+,42-,43-,44-,45+,46-,47-,49-/m0/s1. The second kappa shape index (κ2) is 35.5. The summed E-state index contributed by atoms with van der Waals surface area (Å²) in [6.45, 7) is 6.95. The minimum atomic E-state index is -1.57. The zero-order chi connectivity index (χ0) is 67.9. The highest BCUT2D eigenvalue weighted by Crippen LogP contribution is 2.24. The number of urea groups is 1. The summed E-state index contributed by atoms with van der Waals surface area (Å²) >= 11 is 1.13. The largest absolute Gasteiger partial charge is 0.508 e. The van der Waals surface area contributed by atoms with E-state index in [0.717, 1.165) is 16.7 Å². The van der Waals surface area contributed by atoms with E-state index in [-0.39, 0.29) is 107 Å². The highest BCUT2D eigenvalue weighted by Gasteiger charge is 2.43. The third kappa shape index (κ3) is 22.2. The van der Waals surface area contributed by atoms with Gasteiger partial charge in [-0.2, -0.15) is 0 Å². The first-order valence-corrected chi connectivity index (χ1v) is 32.2. The fourth-order valence-corrected chi connectivity index (χ4v) is 12.0. The molecule has 0 bridgehead atoms. The maximum absolute atomic E-state index is 15.1. The molecule has 0 unspecified atom stereocenters. The van der Waals surface area contributed by atoms with Crippen molar-refractivity contribution in [2.45, 2.75) is 165 Å². The molecule has 0 saturated carbocycles. The number of aromatic nitrogens is 2. The van der Waals surface area contributed by atoms with E-state index < -0.39 is 150 Å². The Balaban J connectivity index is 1.42. The number of fused-ring (bicyclic) bond motifs is 2. The van der Waals surface area contributed by atoms with Crippen LogP contribution >= 0.6 is 11.8 Å². The van der Waals surface area contributed by atoms with Gasteiger partial charge in [0.2, 0.25) is 59.1 Å². The number of carbonyl (C=O) groups excluding carboxylic acids is 12. The Morgan fingerprint density at radius 2 is 1.17 bits per heavy atom. The number of H-pyrrole nitrogens is 1. The first-order valence-electron chi connectivity index (χ1n) is 31.1. The number of phenolic OH excluding ortho intramolecular Hbond substituents is 1. The van der Waals surface area contributed by atoms with Gasteiger partial charge in [0.15, 0.2) is 5.96 Å². The van der Waals surface area contributed by atoms with E-state index in [1.165, 1.54) is 41.7 Å². The maximum Gasteiger partial charge on any atom is 0.325 e. The smallest absolute Gasteiger partial charge is 0.325 e. The number of aromatic hydroxyl groups is 1. The van der Waals surface area contributed by atoms with Crippen molar-refractivity contribution in [2.75, 3.05) is 31.3 Å². The molecule has 0 aliphatic carbocycles. The molecule has 2 aromatic carbocycles. The lowest BCUT2D eigenvalue weighted by Crippen LogP contribution is -2.62. The Morgan fingerprint density at radius 3 is 1.81 bits per heavy atom. The lowest BCUT2D eigenvalue weighted by atomic mass is 9.99. The molecule has 1 aromatic heterocycles. The molecule has 3 aliphatic heterocycles. The van der Waals surface area contributed by atoms with E-state index in [0.29, 0.717) is 23.2 Å². The number of nitrogens with zero attached hydrogens (tertiary/aromatic N) is 4. The van der Waals surface area contributed by atoms with Crippen LogP contribution in [0.2, 0.25) is 0 Å². The monoisotopic (exact) mass is 1310 g/mol. The van der Waals surface area contributed by atoms with E-state index in [1.54, 1.807) is 44.2 Å². The van der Waals surface area contributed by atoms with Crippen LogP contribution < -0.4 is 70.8 Å². The fraction of sp³-hybridized carbons (Fsp3) is 0.541. The number of hydrogen-bond acceptors (Lipinski definition) is 17. The number of hydrogen-bond donors (Lipinski definition) is 15.